The van der Waals surface area contributed by atoms with Gasteiger partial charge < -0.3 is 9.47 Å². The lowest BCUT2D eigenvalue weighted by molar-refractivity contribution is -0.0196. The van der Waals surface area contributed by atoms with Crippen LogP contribution in [0.15, 0.2) is 29.3 Å². The summed E-state index contributed by atoms with van der Waals surface area (Å²) >= 11 is 7.73. The van der Waals surface area contributed by atoms with Crippen LogP contribution in [0.1, 0.15) is 24.0 Å². The van der Waals surface area contributed by atoms with Crippen LogP contribution in [0, 0.1) is 28.6 Å². The highest BCUT2D eigenvalue weighted by atomic mass is 35.5. The molecule has 2 fully saturated rings. The van der Waals surface area contributed by atoms with E-state index in [1.54, 1.807) is 24.3 Å². The van der Waals surface area contributed by atoms with Crippen LogP contribution in [0.2, 0.25) is 5.15 Å². The van der Waals surface area contributed by atoms with Crippen LogP contribution in [-0.2, 0) is 4.74 Å². The van der Waals surface area contributed by atoms with Crippen molar-refractivity contribution in [1.29, 1.82) is 10.5 Å². The maximum absolute atomic E-state index is 13.0. The molecule has 0 radical (unpaired) electrons. The number of alkyl halides is 1. The summed E-state index contributed by atoms with van der Waals surface area (Å²) in [5, 5.41) is 20.0. The van der Waals surface area contributed by atoms with Gasteiger partial charge in [0.25, 0.3) is 0 Å². The number of ether oxygens (including phenoxy) is 2. The van der Waals surface area contributed by atoms with E-state index in [1.165, 1.54) is 11.8 Å². The Morgan fingerprint density at radius 2 is 1.86 bits per heavy atom. The molecule has 2 aliphatic rings. The fraction of sp³-hybridized carbons (Fsp3) is 0.381. The number of nitriles is 2. The van der Waals surface area contributed by atoms with Crippen molar-refractivity contribution in [1.82, 2.24) is 4.98 Å². The van der Waals surface area contributed by atoms with E-state index in [0.717, 1.165) is 5.75 Å². The molecular formula is C21H17ClFN3O2S. The molecule has 0 unspecified atom stereocenters. The smallest absolute Gasteiger partial charge is 0.148 e. The molecule has 0 atom stereocenters. The molecule has 1 saturated heterocycles. The second-order valence-electron chi connectivity index (χ2n) is 7.10. The van der Waals surface area contributed by atoms with Crippen molar-refractivity contribution in [2.45, 2.75) is 30.1 Å². The maximum Gasteiger partial charge on any atom is 0.148 e. The zero-order valence-electron chi connectivity index (χ0n) is 15.4. The summed E-state index contributed by atoms with van der Waals surface area (Å²) in [6, 6.07) is 11.4. The molecule has 2 aromatic rings. The van der Waals surface area contributed by atoms with Gasteiger partial charge in [0.1, 0.15) is 40.3 Å². The standard InChI is InChI=1S/C21H17ClFN3O2S/c22-20-17(7-24)19(18(8-25)21(26-20)29-11-12-9-27-10-12)13-1-3-15(4-2-13)28-16-5-14(23)6-16/h1-4,12,14,16H,5-6,9-11H2. The summed E-state index contributed by atoms with van der Waals surface area (Å²) in [5.41, 5.74) is 1.67. The van der Waals surface area contributed by atoms with Gasteiger partial charge in [-0.25, -0.2) is 9.37 Å². The van der Waals surface area contributed by atoms with E-state index >= 15 is 0 Å². The van der Waals surface area contributed by atoms with Gasteiger partial charge >= 0.3 is 0 Å². The highest BCUT2D eigenvalue weighted by molar-refractivity contribution is 7.99. The number of rotatable bonds is 6. The monoisotopic (exact) mass is 429 g/mol. The third-order valence-corrected chi connectivity index (χ3v) is 6.47. The molecule has 4 rings (SSSR count). The van der Waals surface area contributed by atoms with Gasteiger partial charge in [-0.3, -0.25) is 0 Å². The third-order valence-electron chi connectivity index (χ3n) is 4.99. The van der Waals surface area contributed by atoms with E-state index in [9.17, 15) is 14.9 Å². The lowest BCUT2D eigenvalue weighted by atomic mass is 9.93. The van der Waals surface area contributed by atoms with E-state index < -0.39 is 6.17 Å². The highest BCUT2D eigenvalue weighted by Crippen LogP contribution is 2.38. The summed E-state index contributed by atoms with van der Waals surface area (Å²) in [5.74, 6) is 1.83. The van der Waals surface area contributed by atoms with Crippen LogP contribution >= 0.6 is 23.4 Å². The van der Waals surface area contributed by atoms with Crippen LogP contribution in [-0.4, -0.2) is 36.2 Å². The van der Waals surface area contributed by atoms with Gasteiger partial charge in [-0.1, -0.05) is 23.7 Å². The summed E-state index contributed by atoms with van der Waals surface area (Å²) in [6.07, 6.45) is -0.0668. The topological polar surface area (TPSA) is 78.9 Å². The Hall–Kier alpha value is -2.32. The zero-order chi connectivity index (χ0) is 20.4. The van der Waals surface area contributed by atoms with Gasteiger partial charge in [-0.2, -0.15) is 10.5 Å². The Morgan fingerprint density at radius 1 is 1.17 bits per heavy atom. The number of hydrogen-bond donors (Lipinski definition) is 0. The van der Waals surface area contributed by atoms with E-state index in [2.05, 4.69) is 17.1 Å². The van der Waals surface area contributed by atoms with Crippen molar-refractivity contribution in [3.63, 3.8) is 0 Å². The molecular weight excluding hydrogens is 413 g/mol. The Labute approximate surface area is 177 Å². The van der Waals surface area contributed by atoms with Crippen molar-refractivity contribution >= 4 is 23.4 Å². The molecule has 1 aliphatic heterocycles. The SMILES string of the molecule is N#Cc1c(Cl)nc(SCC2COC2)c(C#N)c1-c1ccc(OC2CC(F)C2)cc1. The van der Waals surface area contributed by atoms with Crippen molar-refractivity contribution < 1.29 is 13.9 Å². The Morgan fingerprint density at radius 3 is 2.41 bits per heavy atom. The molecule has 0 amide bonds. The minimum atomic E-state index is -0.781. The fourth-order valence-electron chi connectivity index (χ4n) is 3.20. The molecule has 8 heteroatoms. The van der Waals surface area contributed by atoms with Crippen LogP contribution in [0.5, 0.6) is 5.75 Å². The molecule has 2 heterocycles. The van der Waals surface area contributed by atoms with Crippen molar-refractivity contribution in [2.24, 2.45) is 5.92 Å². The molecule has 5 nitrogen and oxygen atoms in total. The fourth-order valence-corrected chi connectivity index (χ4v) is 4.51. The molecule has 1 aromatic heterocycles. The molecule has 29 heavy (non-hydrogen) atoms. The van der Waals surface area contributed by atoms with Crippen molar-refractivity contribution in [3.05, 3.63) is 40.5 Å². The number of pyridine rings is 1. The number of aromatic nitrogens is 1. The molecule has 1 aromatic carbocycles. The number of halogens is 2. The number of thioether (sulfide) groups is 1. The van der Waals surface area contributed by atoms with E-state index in [0.29, 0.717) is 59.4 Å². The summed E-state index contributed by atoms with van der Waals surface area (Å²) in [7, 11) is 0. The lowest BCUT2D eigenvalue weighted by Gasteiger charge is -2.30. The first-order chi connectivity index (χ1) is 14.1. The molecule has 0 spiro atoms. The first-order valence-electron chi connectivity index (χ1n) is 9.24. The van der Waals surface area contributed by atoms with Gasteiger partial charge in [0, 0.05) is 30.1 Å². The first kappa shape index (κ1) is 20.0. The predicted octanol–water partition coefficient (Wildman–Crippen LogP) is 4.76. The number of nitrogens with zero attached hydrogens (tertiary/aromatic N) is 3. The average molecular weight is 430 g/mol. The Balaban J connectivity index is 1.64. The normalized spacial score (nSPS) is 20.8. The number of hydrogen-bond acceptors (Lipinski definition) is 6. The molecule has 1 saturated carbocycles. The van der Waals surface area contributed by atoms with Gasteiger partial charge in [-0.05, 0) is 17.7 Å². The molecule has 1 aliphatic carbocycles. The van der Waals surface area contributed by atoms with Gasteiger partial charge in [0.2, 0.25) is 0 Å². The van der Waals surface area contributed by atoms with Crippen LogP contribution in [0.25, 0.3) is 11.1 Å². The largest absolute Gasteiger partial charge is 0.490 e. The van der Waals surface area contributed by atoms with E-state index in [1.807, 2.05) is 0 Å². The van der Waals surface area contributed by atoms with Gasteiger partial charge in [0.15, 0.2) is 0 Å². The predicted molar refractivity (Wildman–Crippen MR) is 108 cm³/mol. The Bertz CT molecular complexity index is 993. The number of benzene rings is 1. The quantitative estimate of drug-likeness (QED) is 0.486. The van der Waals surface area contributed by atoms with Crippen LogP contribution in [0.4, 0.5) is 4.39 Å². The molecule has 0 N–H and O–H groups in total. The minimum Gasteiger partial charge on any atom is -0.490 e. The van der Waals surface area contributed by atoms with Crippen molar-refractivity contribution in [2.75, 3.05) is 19.0 Å². The van der Waals surface area contributed by atoms with Crippen LogP contribution in [0.3, 0.4) is 0 Å². The average Bonchev–Trinajstić information content (AvgIpc) is 2.65. The zero-order valence-corrected chi connectivity index (χ0v) is 17.0. The van der Waals surface area contributed by atoms with Crippen molar-refractivity contribution in [3.8, 4) is 29.0 Å². The first-order valence-corrected chi connectivity index (χ1v) is 10.6. The molecule has 148 valence electrons. The molecule has 0 bridgehead atoms. The Kier molecular flexibility index (Phi) is 5.91. The summed E-state index contributed by atoms with van der Waals surface area (Å²) < 4.78 is 23.9. The van der Waals surface area contributed by atoms with E-state index in [4.69, 9.17) is 21.1 Å². The maximum atomic E-state index is 13.0. The minimum absolute atomic E-state index is 0.0811. The summed E-state index contributed by atoms with van der Waals surface area (Å²) in [6.45, 7) is 1.41. The van der Waals surface area contributed by atoms with E-state index in [-0.39, 0.29) is 16.8 Å². The highest BCUT2D eigenvalue weighted by Gasteiger charge is 2.30. The summed E-state index contributed by atoms with van der Waals surface area (Å²) in [4.78, 5) is 4.30. The lowest BCUT2D eigenvalue weighted by Crippen LogP contribution is -2.34. The van der Waals surface area contributed by atoms with Gasteiger partial charge in [-0.15, -0.1) is 11.8 Å². The van der Waals surface area contributed by atoms with Crippen LogP contribution < -0.4 is 4.74 Å². The second kappa shape index (κ2) is 8.59. The third kappa shape index (κ3) is 4.18. The second-order valence-corrected chi connectivity index (χ2v) is 8.47. The van der Waals surface area contributed by atoms with Gasteiger partial charge in [0.05, 0.1) is 24.3 Å².